The van der Waals surface area contributed by atoms with Crippen LogP contribution in [0.15, 0.2) is 65.5 Å². The van der Waals surface area contributed by atoms with Gasteiger partial charge in [0.25, 0.3) is 11.5 Å². The monoisotopic (exact) mass is 487 g/mol. The zero-order valence-corrected chi connectivity index (χ0v) is 19.0. The topological polar surface area (TPSA) is 73.2 Å². The number of carbonyl (C=O) groups excluding carboxylic acids is 1. The fourth-order valence-electron chi connectivity index (χ4n) is 3.22. The first-order chi connectivity index (χ1) is 15.3. The third-order valence-corrected chi connectivity index (χ3v) is 5.54. The molecule has 3 aromatic carbocycles. The normalized spacial score (nSPS) is 10.9. The molecule has 0 spiro atoms. The summed E-state index contributed by atoms with van der Waals surface area (Å²) in [4.78, 5) is 30.0. The number of ether oxygens (including phenoxy) is 1. The highest BCUT2D eigenvalue weighted by Gasteiger charge is 2.13. The minimum Gasteiger partial charge on any atom is -0.482 e. The molecule has 9 heteroatoms. The van der Waals surface area contributed by atoms with Crippen molar-refractivity contribution in [2.24, 2.45) is 0 Å². The van der Waals surface area contributed by atoms with Crippen molar-refractivity contribution >= 4 is 57.3 Å². The number of benzene rings is 3. The summed E-state index contributed by atoms with van der Waals surface area (Å²) in [6, 6.07) is 16.7. The van der Waals surface area contributed by atoms with Gasteiger partial charge in [-0.3, -0.25) is 14.2 Å². The van der Waals surface area contributed by atoms with Crippen molar-refractivity contribution in [2.75, 3.05) is 11.9 Å². The molecule has 0 saturated carbocycles. The molecule has 32 heavy (non-hydrogen) atoms. The average Bonchev–Trinajstić information content (AvgIpc) is 2.75. The smallest absolute Gasteiger partial charge is 0.265 e. The number of fused-ring (bicyclic) bond motifs is 1. The fraction of sp³-hybridized carbons (Fsp3) is 0.0870. The molecule has 162 valence electrons. The lowest BCUT2D eigenvalue weighted by Gasteiger charge is -2.14. The molecule has 0 bridgehead atoms. The second-order valence-corrected chi connectivity index (χ2v) is 8.14. The van der Waals surface area contributed by atoms with Crippen LogP contribution >= 0.6 is 34.8 Å². The minimum absolute atomic E-state index is 0.214. The Bertz CT molecular complexity index is 1400. The van der Waals surface area contributed by atoms with E-state index in [0.29, 0.717) is 48.9 Å². The molecular weight excluding hydrogens is 473 g/mol. The maximum atomic E-state index is 13.0. The predicted octanol–water partition coefficient (Wildman–Crippen LogP) is 5.67. The highest BCUT2D eigenvalue weighted by Crippen LogP contribution is 2.28. The van der Waals surface area contributed by atoms with Crippen molar-refractivity contribution in [3.8, 4) is 11.4 Å². The van der Waals surface area contributed by atoms with E-state index in [4.69, 9.17) is 39.5 Å². The largest absolute Gasteiger partial charge is 0.482 e. The van der Waals surface area contributed by atoms with E-state index in [1.54, 1.807) is 55.5 Å². The van der Waals surface area contributed by atoms with Crippen LogP contribution in [-0.4, -0.2) is 22.1 Å². The summed E-state index contributed by atoms with van der Waals surface area (Å²) in [6.45, 7) is 1.45. The molecule has 0 atom stereocenters. The van der Waals surface area contributed by atoms with Gasteiger partial charge in [0.05, 0.1) is 32.3 Å². The SMILES string of the molecule is Cc1nc2ccccc2c(=O)n1-c1ccc(Cl)c(NC(=O)COc2ccc(Cl)cc2Cl)c1. The zero-order chi connectivity index (χ0) is 22.8. The van der Waals surface area contributed by atoms with Crippen molar-refractivity contribution in [3.63, 3.8) is 0 Å². The van der Waals surface area contributed by atoms with E-state index in [1.165, 1.54) is 10.6 Å². The Balaban J connectivity index is 1.59. The van der Waals surface area contributed by atoms with Gasteiger partial charge in [0.1, 0.15) is 11.6 Å². The van der Waals surface area contributed by atoms with Gasteiger partial charge in [0, 0.05) is 5.02 Å². The van der Waals surface area contributed by atoms with E-state index in [9.17, 15) is 9.59 Å². The molecule has 0 aliphatic heterocycles. The van der Waals surface area contributed by atoms with Gasteiger partial charge in [-0.15, -0.1) is 0 Å². The van der Waals surface area contributed by atoms with Crippen LogP contribution in [0.2, 0.25) is 15.1 Å². The van der Waals surface area contributed by atoms with Crippen molar-refractivity contribution in [3.05, 3.63) is 91.9 Å². The Kier molecular flexibility index (Phi) is 6.37. The van der Waals surface area contributed by atoms with Crippen molar-refractivity contribution in [1.82, 2.24) is 9.55 Å². The van der Waals surface area contributed by atoms with Gasteiger partial charge in [0.2, 0.25) is 0 Å². The number of rotatable bonds is 5. The molecule has 0 aliphatic carbocycles. The number of hydrogen-bond acceptors (Lipinski definition) is 4. The van der Waals surface area contributed by atoms with Gasteiger partial charge < -0.3 is 10.1 Å². The molecule has 0 saturated heterocycles. The molecule has 0 aliphatic rings. The van der Waals surface area contributed by atoms with E-state index >= 15 is 0 Å². The van der Waals surface area contributed by atoms with E-state index in [-0.39, 0.29) is 12.2 Å². The van der Waals surface area contributed by atoms with Crippen molar-refractivity contribution < 1.29 is 9.53 Å². The lowest BCUT2D eigenvalue weighted by Crippen LogP contribution is -2.23. The lowest BCUT2D eigenvalue weighted by atomic mass is 10.2. The van der Waals surface area contributed by atoms with Crippen LogP contribution < -0.4 is 15.6 Å². The summed E-state index contributed by atoms with van der Waals surface area (Å²) in [7, 11) is 0. The summed E-state index contributed by atoms with van der Waals surface area (Å²) < 4.78 is 6.93. The molecule has 1 N–H and O–H groups in total. The molecule has 4 aromatic rings. The fourth-order valence-corrected chi connectivity index (χ4v) is 3.85. The number of halogens is 3. The molecular formula is C23H16Cl3N3O3. The Morgan fingerprint density at radius 3 is 2.59 bits per heavy atom. The van der Waals surface area contributed by atoms with Crippen LogP contribution in [0.25, 0.3) is 16.6 Å². The number of anilines is 1. The van der Waals surface area contributed by atoms with Gasteiger partial charge in [-0.1, -0.05) is 46.9 Å². The number of nitrogens with zero attached hydrogens (tertiary/aromatic N) is 2. The summed E-state index contributed by atoms with van der Waals surface area (Å²) >= 11 is 18.2. The Morgan fingerprint density at radius 2 is 1.81 bits per heavy atom. The van der Waals surface area contributed by atoms with Crippen molar-refractivity contribution in [1.29, 1.82) is 0 Å². The predicted molar refractivity (Wildman–Crippen MR) is 128 cm³/mol. The van der Waals surface area contributed by atoms with Crippen LogP contribution in [0, 0.1) is 6.92 Å². The highest BCUT2D eigenvalue weighted by molar-refractivity contribution is 6.35. The van der Waals surface area contributed by atoms with Gasteiger partial charge in [0.15, 0.2) is 6.61 Å². The Morgan fingerprint density at radius 1 is 1.03 bits per heavy atom. The number of para-hydroxylation sites is 1. The lowest BCUT2D eigenvalue weighted by molar-refractivity contribution is -0.118. The van der Waals surface area contributed by atoms with Crippen LogP contribution in [0.5, 0.6) is 5.75 Å². The third-order valence-electron chi connectivity index (χ3n) is 4.68. The number of nitrogens with one attached hydrogen (secondary N) is 1. The van der Waals surface area contributed by atoms with E-state index in [0.717, 1.165) is 0 Å². The number of aromatic nitrogens is 2. The van der Waals surface area contributed by atoms with Crippen LogP contribution in [-0.2, 0) is 4.79 Å². The molecule has 1 aromatic heterocycles. The summed E-state index contributed by atoms with van der Waals surface area (Å²) in [5.74, 6) is 0.389. The zero-order valence-electron chi connectivity index (χ0n) is 16.7. The van der Waals surface area contributed by atoms with E-state index in [1.807, 2.05) is 6.07 Å². The molecule has 6 nitrogen and oxygen atoms in total. The maximum absolute atomic E-state index is 13.0. The molecule has 1 heterocycles. The third kappa shape index (κ3) is 4.58. The molecule has 0 radical (unpaired) electrons. The van der Waals surface area contributed by atoms with Gasteiger partial charge in [-0.25, -0.2) is 4.98 Å². The second kappa shape index (κ2) is 9.20. The highest BCUT2D eigenvalue weighted by atomic mass is 35.5. The number of aryl methyl sites for hydroxylation is 1. The summed E-state index contributed by atoms with van der Waals surface area (Å²) in [5.41, 5.74) is 1.26. The van der Waals surface area contributed by atoms with Crippen LogP contribution in [0.1, 0.15) is 5.82 Å². The van der Waals surface area contributed by atoms with Gasteiger partial charge >= 0.3 is 0 Å². The Hall–Kier alpha value is -3.06. The van der Waals surface area contributed by atoms with E-state index in [2.05, 4.69) is 10.3 Å². The van der Waals surface area contributed by atoms with Crippen LogP contribution in [0.3, 0.4) is 0 Å². The first-order valence-electron chi connectivity index (χ1n) is 9.49. The molecule has 4 rings (SSSR count). The van der Waals surface area contributed by atoms with Crippen LogP contribution in [0.4, 0.5) is 5.69 Å². The number of carbonyl (C=O) groups is 1. The summed E-state index contributed by atoms with van der Waals surface area (Å²) in [5, 5.41) is 4.26. The first kappa shape index (κ1) is 22.1. The standard InChI is InChI=1S/C23H16Cl3N3O3/c1-13-27-19-5-3-2-4-16(19)23(31)29(13)15-7-8-17(25)20(11-15)28-22(30)12-32-21-9-6-14(24)10-18(21)26/h2-11H,12H2,1H3,(H,28,30). The molecule has 1 amide bonds. The second-order valence-electron chi connectivity index (χ2n) is 6.89. The van der Waals surface area contributed by atoms with Gasteiger partial charge in [-0.2, -0.15) is 0 Å². The van der Waals surface area contributed by atoms with Gasteiger partial charge in [-0.05, 0) is 55.5 Å². The Labute approximate surface area is 198 Å². The average molecular weight is 489 g/mol. The van der Waals surface area contributed by atoms with Crippen molar-refractivity contribution in [2.45, 2.75) is 6.92 Å². The number of amides is 1. The molecule has 0 unspecified atom stereocenters. The maximum Gasteiger partial charge on any atom is 0.265 e. The van der Waals surface area contributed by atoms with E-state index < -0.39 is 5.91 Å². The summed E-state index contributed by atoms with van der Waals surface area (Å²) in [6.07, 6.45) is 0. The number of hydrogen-bond donors (Lipinski definition) is 1. The minimum atomic E-state index is -0.448. The molecule has 0 fully saturated rings. The first-order valence-corrected chi connectivity index (χ1v) is 10.6. The quantitative estimate of drug-likeness (QED) is 0.393.